The average Bonchev–Trinajstić information content (AvgIpc) is 2.95. The highest BCUT2D eigenvalue weighted by molar-refractivity contribution is 5.86. The molecule has 0 aliphatic heterocycles. The molecule has 0 fully saturated rings. The fourth-order valence-electron chi connectivity index (χ4n) is 2.25. The van der Waals surface area contributed by atoms with Crippen molar-refractivity contribution in [3.63, 3.8) is 0 Å². The topological polar surface area (TPSA) is 91.0 Å². The molecule has 0 atom stereocenters. The van der Waals surface area contributed by atoms with Crippen LogP contribution in [0, 0.1) is 6.92 Å². The van der Waals surface area contributed by atoms with Crippen molar-refractivity contribution in [3.05, 3.63) is 53.9 Å². The van der Waals surface area contributed by atoms with Gasteiger partial charge in [0.1, 0.15) is 5.82 Å². The van der Waals surface area contributed by atoms with Gasteiger partial charge < -0.3 is 4.90 Å². The highest BCUT2D eigenvalue weighted by atomic mass is 16.2. The van der Waals surface area contributed by atoms with E-state index in [1.165, 1.54) is 6.92 Å². The van der Waals surface area contributed by atoms with E-state index in [-0.39, 0.29) is 24.2 Å². The van der Waals surface area contributed by atoms with Crippen molar-refractivity contribution in [3.8, 4) is 0 Å². The molecule has 0 bridgehead atoms. The van der Waals surface area contributed by atoms with E-state index in [1.807, 2.05) is 31.2 Å². The number of carbonyl (C=O) groups excluding carboxylic acids is 2. The van der Waals surface area contributed by atoms with Gasteiger partial charge in [-0.05, 0) is 18.1 Å². The molecule has 0 aliphatic carbocycles. The summed E-state index contributed by atoms with van der Waals surface area (Å²) < 4.78 is 0. The number of aromatic nitrogens is 3. The average molecular weight is 327 g/mol. The van der Waals surface area contributed by atoms with E-state index in [2.05, 4.69) is 27.1 Å². The first kappa shape index (κ1) is 17.4. The van der Waals surface area contributed by atoms with Gasteiger partial charge in [0.25, 0.3) is 0 Å². The Morgan fingerprint density at radius 2 is 2.12 bits per heavy atom. The van der Waals surface area contributed by atoms with Crippen molar-refractivity contribution in [1.29, 1.82) is 0 Å². The molecule has 0 unspecified atom stereocenters. The van der Waals surface area contributed by atoms with Gasteiger partial charge in [-0.15, -0.1) is 11.7 Å². The summed E-state index contributed by atoms with van der Waals surface area (Å²) in [7, 11) is 0. The third-order valence-electron chi connectivity index (χ3n) is 3.46. The van der Waals surface area contributed by atoms with Crippen molar-refractivity contribution in [2.45, 2.75) is 26.8 Å². The Morgan fingerprint density at radius 3 is 2.79 bits per heavy atom. The summed E-state index contributed by atoms with van der Waals surface area (Å²) in [5.74, 6) is 0.213. The first-order valence-corrected chi connectivity index (χ1v) is 7.61. The number of anilines is 1. The molecule has 1 heterocycles. The zero-order valence-electron chi connectivity index (χ0n) is 13.9. The van der Waals surface area contributed by atoms with Gasteiger partial charge in [0.05, 0.1) is 6.42 Å². The molecule has 0 spiro atoms. The third kappa shape index (κ3) is 4.77. The lowest BCUT2D eigenvalue weighted by Crippen LogP contribution is -2.32. The van der Waals surface area contributed by atoms with Crippen molar-refractivity contribution in [2.75, 3.05) is 11.9 Å². The first-order valence-electron chi connectivity index (χ1n) is 7.61. The van der Waals surface area contributed by atoms with E-state index in [0.29, 0.717) is 18.9 Å². The predicted molar refractivity (Wildman–Crippen MR) is 91.2 cm³/mol. The van der Waals surface area contributed by atoms with E-state index in [9.17, 15) is 9.59 Å². The van der Waals surface area contributed by atoms with Crippen LogP contribution in [0.25, 0.3) is 0 Å². The van der Waals surface area contributed by atoms with E-state index in [0.717, 1.165) is 11.1 Å². The van der Waals surface area contributed by atoms with Crippen molar-refractivity contribution in [1.82, 2.24) is 20.1 Å². The molecule has 1 aromatic heterocycles. The number of nitrogens with one attached hydrogen (secondary N) is 2. The molecule has 7 nitrogen and oxygen atoms in total. The minimum Gasteiger partial charge on any atom is -0.334 e. The van der Waals surface area contributed by atoms with Crippen molar-refractivity contribution in [2.24, 2.45) is 0 Å². The fourth-order valence-corrected chi connectivity index (χ4v) is 2.25. The number of aromatic amines is 1. The van der Waals surface area contributed by atoms with Gasteiger partial charge >= 0.3 is 0 Å². The number of aryl methyl sites for hydroxylation is 1. The lowest BCUT2D eigenvalue weighted by atomic mass is 10.1. The third-order valence-corrected chi connectivity index (χ3v) is 3.46. The van der Waals surface area contributed by atoms with Crippen LogP contribution < -0.4 is 5.32 Å². The maximum Gasteiger partial charge on any atom is 0.248 e. The molecule has 0 aliphatic rings. The number of carbonyl (C=O) groups is 2. The molecule has 7 heteroatoms. The molecule has 0 saturated carbocycles. The smallest absolute Gasteiger partial charge is 0.248 e. The molecule has 0 radical (unpaired) electrons. The highest BCUT2D eigenvalue weighted by Crippen LogP contribution is 2.12. The maximum atomic E-state index is 12.6. The minimum atomic E-state index is -0.264. The van der Waals surface area contributed by atoms with Crippen LogP contribution in [0.1, 0.15) is 23.9 Å². The molecule has 126 valence electrons. The van der Waals surface area contributed by atoms with Crippen molar-refractivity contribution < 1.29 is 9.59 Å². The molecule has 1 aromatic carbocycles. The molecule has 0 saturated heterocycles. The maximum absolute atomic E-state index is 12.6. The van der Waals surface area contributed by atoms with Crippen LogP contribution in [0.5, 0.6) is 0 Å². The van der Waals surface area contributed by atoms with E-state index in [1.54, 1.807) is 11.0 Å². The minimum absolute atomic E-state index is 0.0757. The molecule has 2 rings (SSSR count). The Morgan fingerprint density at radius 1 is 1.38 bits per heavy atom. The van der Waals surface area contributed by atoms with Crippen LogP contribution in [-0.2, 0) is 22.6 Å². The van der Waals surface area contributed by atoms with E-state index >= 15 is 0 Å². The summed E-state index contributed by atoms with van der Waals surface area (Å²) in [6, 6.07) is 7.94. The van der Waals surface area contributed by atoms with Crippen LogP contribution in [0.4, 0.5) is 5.95 Å². The van der Waals surface area contributed by atoms with Gasteiger partial charge in [0.2, 0.25) is 17.8 Å². The van der Waals surface area contributed by atoms with Crippen LogP contribution in [0.15, 0.2) is 36.9 Å². The van der Waals surface area contributed by atoms with Gasteiger partial charge in [-0.2, -0.15) is 4.98 Å². The van der Waals surface area contributed by atoms with Crippen molar-refractivity contribution >= 4 is 17.8 Å². The van der Waals surface area contributed by atoms with Gasteiger partial charge in [0.15, 0.2) is 0 Å². The molecule has 24 heavy (non-hydrogen) atoms. The van der Waals surface area contributed by atoms with Gasteiger partial charge in [0, 0.05) is 20.0 Å². The number of H-pyrrole nitrogens is 1. The lowest BCUT2D eigenvalue weighted by Gasteiger charge is -2.21. The van der Waals surface area contributed by atoms with Crippen LogP contribution >= 0.6 is 0 Å². The summed E-state index contributed by atoms with van der Waals surface area (Å²) in [6.07, 6.45) is 1.77. The van der Waals surface area contributed by atoms with Crippen LogP contribution in [0.3, 0.4) is 0 Å². The summed E-state index contributed by atoms with van der Waals surface area (Å²) in [5, 5.41) is 8.99. The Balaban J connectivity index is 2.06. The Bertz CT molecular complexity index is 738. The summed E-state index contributed by atoms with van der Waals surface area (Å²) >= 11 is 0. The number of hydrogen-bond acceptors (Lipinski definition) is 4. The number of benzene rings is 1. The van der Waals surface area contributed by atoms with Crippen LogP contribution in [0.2, 0.25) is 0 Å². The first-order chi connectivity index (χ1) is 11.5. The summed E-state index contributed by atoms with van der Waals surface area (Å²) in [5.41, 5.74) is 2.22. The van der Waals surface area contributed by atoms with Gasteiger partial charge in [-0.25, -0.2) is 0 Å². The molecule has 2 N–H and O–H groups in total. The summed E-state index contributed by atoms with van der Waals surface area (Å²) in [4.78, 5) is 29.3. The molecule has 2 aromatic rings. The lowest BCUT2D eigenvalue weighted by molar-refractivity contribution is -0.130. The predicted octanol–water partition coefficient (Wildman–Crippen LogP) is 1.83. The highest BCUT2D eigenvalue weighted by Gasteiger charge is 2.16. The second kappa shape index (κ2) is 8.05. The number of rotatable bonds is 7. The van der Waals surface area contributed by atoms with Crippen LogP contribution in [-0.4, -0.2) is 38.4 Å². The largest absolute Gasteiger partial charge is 0.334 e. The van der Waals surface area contributed by atoms with E-state index in [4.69, 9.17) is 0 Å². The fraction of sp³-hybridized carbons (Fsp3) is 0.294. The monoisotopic (exact) mass is 327 g/mol. The number of hydrogen-bond donors (Lipinski definition) is 2. The zero-order chi connectivity index (χ0) is 17.5. The molecule has 2 amide bonds. The van der Waals surface area contributed by atoms with Gasteiger partial charge in [-0.1, -0.05) is 30.3 Å². The summed E-state index contributed by atoms with van der Waals surface area (Å²) in [6.45, 7) is 8.05. The second-order valence-corrected chi connectivity index (χ2v) is 5.45. The standard InChI is InChI=1S/C17H21N5O2/c1-4-9-22(11-14-8-6-5-7-12(14)2)16(24)10-15-19-17(21-20-15)18-13(3)23/h4-8H,1,9-11H2,2-3H3,(H2,18,19,20,21,23). The number of nitrogens with zero attached hydrogens (tertiary/aromatic N) is 3. The van der Waals surface area contributed by atoms with Gasteiger partial charge in [-0.3, -0.25) is 20.0 Å². The normalized spacial score (nSPS) is 10.2. The number of amides is 2. The SMILES string of the molecule is C=CCN(Cc1ccccc1C)C(=O)Cc1nc(NC(C)=O)n[nH]1. The Hall–Kier alpha value is -2.96. The molecular formula is C17H21N5O2. The van der Waals surface area contributed by atoms with E-state index < -0.39 is 0 Å². The zero-order valence-corrected chi connectivity index (χ0v) is 13.9. The Kier molecular flexibility index (Phi) is 5.83. The Labute approximate surface area is 140 Å². The molecular weight excluding hydrogens is 306 g/mol. The quantitative estimate of drug-likeness (QED) is 0.759. The second-order valence-electron chi connectivity index (χ2n) is 5.45.